The van der Waals surface area contributed by atoms with E-state index in [1.165, 1.54) is 32.1 Å². The minimum atomic E-state index is -0.829. The number of hydrogen-bond acceptors (Lipinski definition) is 6. The molecule has 0 fully saturated rings. The van der Waals surface area contributed by atoms with Crippen molar-refractivity contribution in [2.24, 2.45) is 0 Å². The van der Waals surface area contributed by atoms with Crippen molar-refractivity contribution in [2.45, 2.75) is 181 Å². The smallest absolute Gasteiger partial charge is 0.306 e. The number of allylic oxidation sites excluding steroid dienone is 24. The zero-order valence-electron chi connectivity index (χ0n) is 39.8. The van der Waals surface area contributed by atoms with Gasteiger partial charge in [0, 0.05) is 19.3 Å². The number of unbranched alkanes of at least 4 members (excludes halogenated alkanes) is 15. The maximum atomic E-state index is 12.8. The molecular formula is C57H86O6. The quantitative estimate of drug-likeness (QED) is 0.0264. The molecule has 350 valence electrons. The molecule has 0 saturated heterocycles. The van der Waals surface area contributed by atoms with Crippen LogP contribution in [0.1, 0.15) is 175 Å². The second-order valence-corrected chi connectivity index (χ2v) is 15.5. The van der Waals surface area contributed by atoms with E-state index < -0.39 is 6.10 Å². The first-order valence-corrected chi connectivity index (χ1v) is 24.5. The summed E-state index contributed by atoms with van der Waals surface area (Å²) >= 11 is 0. The molecular weight excluding hydrogens is 781 g/mol. The molecule has 1 atom stereocenters. The third-order valence-electron chi connectivity index (χ3n) is 9.59. The summed E-state index contributed by atoms with van der Waals surface area (Å²) in [5, 5.41) is 0. The van der Waals surface area contributed by atoms with Crippen molar-refractivity contribution in [3.8, 4) is 0 Å². The molecule has 0 N–H and O–H groups in total. The van der Waals surface area contributed by atoms with Gasteiger partial charge < -0.3 is 14.2 Å². The Labute approximate surface area is 385 Å². The van der Waals surface area contributed by atoms with Gasteiger partial charge in [-0.25, -0.2) is 0 Å². The van der Waals surface area contributed by atoms with Gasteiger partial charge in [0.15, 0.2) is 6.10 Å². The third-order valence-corrected chi connectivity index (χ3v) is 9.59. The van der Waals surface area contributed by atoms with Gasteiger partial charge in [-0.2, -0.15) is 0 Å². The van der Waals surface area contributed by atoms with Gasteiger partial charge in [-0.1, -0.05) is 218 Å². The van der Waals surface area contributed by atoms with Gasteiger partial charge in [0.2, 0.25) is 0 Å². The Morgan fingerprint density at radius 1 is 0.333 bits per heavy atom. The van der Waals surface area contributed by atoms with Crippen LogP contribution < -0.4 is 0 Å². The van der Waals surface area contributed by atoms with E-state index in [0.717, 1.165) is 89.9 Å². The molecule has 6 nitrogen and oxygen atoms in total. The van der Waals surface area contributed by atoms with Crippen LogP contribution in [0, 0.1) is 0 Å². The molecule has 0 aromatic heterocycles. The Balaban J connectivity index is 4.61. The molecule has 6 heteroatoms. The second-order valence-electron chi connectivity index (χ2n) is 15.5. The molecule has 1 unspecified atom stereocenters. The van der Waals surface area contributed by atoms with E-state index in [1.807, 2.05) is 97.2 Å². The van der Waals surface area contributed by atoms with Crippen molar-refractivity contribution >= 4 is 17.9 Å². The van der Waals surface area contributed by atoms with Gasteiger partial charge in [-0.05, 0) is 83.5 Å². The summed E-state index contributed by atoms with van der Waals surface area (Å²) in [6.07, 6.45) is 71.1. The van der Waals surface area contributed by atoms with Crippen LogP contribution in [0.4, 0.5) is 0 Å². The van der Waals surface area contributed by atoms with E-state index in [0.29, 0.717) is 19.3 Å². The van der Waals surface area contributed by atoms with E-state index in [2.05, 4.69) is 69.4 Å². The van der Waals surface area contributed by atoms with Crippen molar-refractivity contribution in [1.29, 1.82) is 0 Å². The summed E-state index contributed by atoms with van der Waals surface area (Å²) in [7, 11) is 0. The summed E-state index contributed by atoms with van der Waals surface area (Å²) in [5.74, 6) is -1.03. The number of rotatable bonds is 41. The van der Waals surface area contributed by atoms with Crippen LogP contribution in [0.3, 0.4) is 0 Å². The largest absolute Gasteiger partial charge is 0.462 e. The number of ether oxygens (including phenoxy) is 3. The molecule has 0 radical (unpaired) electrons. The van der Waals surface area contributed by atoms with Crippen LogP contribution in [0.25, 0.3) is 0 Å². The summed E-state index contributed by atoms with van der Waals surface area (Å²) in [6.45, 7) is 6.20. The Morgan fingerprint density at radius 2 is 0.619 bits per heavy atom. The Morgan fingerprint density at radius 3 is 1.00 bits per heavy atom. The minimum absolute atomic E-state index is 0.122. The van der Waals surface area contributed by atoms with Gasteiger partial charge in [-0.15, -0.1) is 0 Å². The van der Waals surface area contributed by atoms with E-state index in [1.54, 1.807) is 0 Å². The lowest BCUT2D eigenvalue weighted by molar-refractivity contribution is -0.167. The van der Waals surface area contributed by atoms with E-state index in [9.17, 15) is 14.4 Å². The lowest BCUT2D eigenvalue weighted by atomic mass is 10.1. The molecule has 0 aromatic carbocycles. The highest BCUT2D eigenvalue weighted by atomic mass is 16.6. The van der Waals surface area contributed by atoms with Crippen molar-refractivity contribution < 1.29 is 28.6 Å². The molecule has 0 bridgehead atoms. The van der Waals surface area contributed by atoms with Gasteiger partial charge >= 0.3 is 17.9 Å². The minimum Gasteiger partial charge on any atom is -0.462 e. The SMILES string of the molecule is CC\C=C/C=C\C=C/C=C\C=C/CCCCCC(=O)OCC(COC(=O)CCCCCCCC/C=C\C=C/CCCCC)OC(=O)CCCCC\C=C/C=C\C=C/C=C\C=C/CC. The highest BCUT2D eigenvalue weighted by Gasteiger charge is 2.19. The molecule has 0 spiro atoms. The third kappa shape index (κ3) is 48.2. The highest BCUT2D eigenvalue weighted by Crippen LogP contribution is 2.12. The van der Waals surface area contributed by atoms with Crippen molar-refractivity contribution in [1.82, 2.24) is 0 Å². The maximum Gasteiger partial charge on any atom is 0.306 e. The van der Waals surface area contributed by atoms with Gasteiger partial charge in [0.1, 0.15) is 13.2 Å². The molecule has 63 heavy (non-hydrogen) atoms. The Bertz CT molecular complexity index is 1460. The van der Waals surface area contributed by atoms with Gasteiger partial charge in [0.25, 0.3) is 0 Å². The summed E-state index contributed by atoms with van der Waals surface area (Å²) in [5.41, 5.74) is 0. The summed E-state index contributed by atoms with van der Waals surface area (Å²) in [4.78, 5) is 37.9. The Hall–Kier alpha value is -4.71. The number of hydrogen-bond donors (Lipinski definition) is 0. The zero-order valence-corrected chi connectivity index (χ0v) is 39.8. The normalized spacial score (nSPS) is 13.4. The predicted molar refractivity (Wildman–Crippen MR) is 269 cm³/mol. The maximum absolute atomic E-state index is 12.8. The summed E-state index contributed by atoms with van der Waals surface area (Å²) in [6, 6.07) is 0. The molecule has 0 aliphatic heterocycles. The topological polar surface area (TPSA) is 78.9 Å². The first-order valence-electron chi connectivity index (χ1n) is 24.5. The highest BCUT2D eigenvalue weighted by molar-refractivity contribution is 5.71. The lowest BCUT2D eigenvalue weighted by Gasteiger charge is -2.18. The predicted octanol–water partition coefficient (Wildman–Crippen LogP) is 16.1. The molecule has 0 saturated carbocycles. The number of carbonyl (C=O) groups excluding carboxylic acids is 3. The van der Waals surface area contributed by atoms with Crippen LogP contribution in [-0.4, -0.2) is 37.2 Å². The van der Waals surface area contributed by atoms with Crippen molar-refractivity contribution in [2.75, 3.05) is 13.2 Å². The van der Waals surface area contributed by atoms with Crippen LogP contribution in [0.2, 0.25) is 0 Å². The number of esters is 3. The number of carbonyl (C=O) groups is 3. The molecule has 0 aromatic rings. The van der Waals surface area contributed by atoms with Crippen LogP contribution in [0.5, 0.6) is 0 Å². The van der Waals surface area contributed by atoms with Crippen LogP contribution in [-0.2, 0) is 28.6 Å². The second kappa shape index (κ2) is 49.9. The fraction of sp³-hybridized carbons (Fsp3) is 0.526. The first kappa shape index (κ1) is 58.3. The first-order chi connectivity index (χ1) is 31.0. The standard InChI is InChI=1S/C57H86O6/c1-4-7-10-13-16-19-22-25-28-31-34-37-40-43-46-49-55(58)61-52-54(63-57(60)51-48-45-42-39-36-33-30-27-24-21-18-15-12-9-6-3)53-62-56(59)50-47-44-41-38-35-32-29-26-23-20-17-14-11-8-5-2/h7,9-10,12-13,15-28,30-31,33-34,36,54H,4-6,8,11,14,29,32,35,37-53H2,1-3H3/b10-7-,12-9-,16-13-,18-15-,20-17-,22-19-,24-21-,26-23-,28-25-,30-27-,34-31-,36-33-. The van der Waals surface area contributed by atoms with Gasteiger partial charge in [0.05, 0.1) is 0 Å². The van der Waals surface area contributed by atoms with Crippen LogP contribution >= 0.6 is 0 Å². The lowest BCUT2D eigenvalue weighted by Crippen LogP contribution is -2.30. The zero-order chi connectivity index (χ0) is 45.8. The van der Waals surface area contributed by atoms with E-state index in [-0.39, 0.29) is 44.0 Å². The van der Waals surface area contributed by atoms with E-state index >= 15 is 0 Å². The molecule has 0 amide bonds. The monoisotopic (exact) mass is 867 g/mol. The molecule has 0 aliphatic carbocycles. The average molecular weight is 867 g/mol. The van der Waals surface area contributed by atoms with Crippen LogP contribution in [0.15, 0.2) is 146 Å². The van der Waals surface area contributed by atoms with E-state index in [4.69, 9.17) is 14.2 Å². The fourth-order valence-electron chi connectivity index (χ4n) is 5.94. The van der Waals surface area contributed by atoms with Gasteiger partial charge in [-0.3, -0.25) is 14.4 Å². The van der Waals surface area contributed by atoms with Crippen molar-refractivity contribution in [3.05, 3.63) is 146 Å². The molecule has 0 aliphatic rings. The Kier molecular flexibility index (Phi) is 46.2. The molecule has 0 heterocycles. The van der Waals surface area contributed by atoms with Crippen molar-refractivity contribution in [3.63, 3.8) is 0 Å². The molecule has 0 rings (SSSR count). The average Bonchev–Trinajstić information content (AvgIpc) is 3.28. The summed E-state index contributed by atoms with van der Waals surface area (Å²) < 4.78 is 16.7. The fourth-order valence-corrected chi connectivity index (χ4v) is 5.94.